The van der Waals surface area contributed by atoms with Crippen LogP contribution in [0.3, 0.4) is 0 Å². The summed E-state index contributed by atoms with van der Waals surface area (Å²) in [6, 6.07) is 7.15. The maximum absolute atomic E-state index is 6.02. The first-order valence-electron chi connectivity index (χ1n) is 7.51. The molecule has 20 heavy (non-hydrogen) atoms. The van der Waals surface area contributed by atoms with E-state index in [0.717, 1.165) is 17.9 Å². The van der Waals surface area contributed by atoms with Crippen molar-refractivity contribution >= 4 is 34.7 Å². The number of thiocarbonyl (C=S) groups is 1. The zero-order valence-corrected chi connectivity index (χ0v) is 14.0. The van der Waals surface area contributed by atoms with Gasteiger partial charge in [-0.1, -0.05) is 38.6 Å². The highest BCUT2D eigenvalue weighted by Crippen LogP contribution is 2.37. The molecule has 1 aromatic rings. The van der Waals surface area contributed by atoms with Crippen LogP contribution >= 0.6 is 24.0 Å². The van der Waals surface area contributed by atoms with Crippen molar-refractivity contribution in [2.24, 2.45) is 5.73 Å². The molecule has 0 aliphatic heterocycles. The van der Waals surface area contributed by atoms with Crippen LogP contribution in [0, 0.1) is 0 Å². The lowest BCUT2D eigenvalue weighted by atomic mass is 10.1. The van der Waals surface area contributed by atoms with Crippen molar-refractivity contribution in [1.82, 2.24) is 0 Å². The standard InChI is InChI=1S/C16H24N2S2/c1-3-5-11-18(12-9-10-12)13-7-6-8-14(20-4-2)15(13)16(17)19/h6-8,12H,3-5,9-11H2,1-2H3,(H2,17,19). The summed E-state index contributed by atoms with van der Waals surface area (Å²) < 4.78 is 0. The van der Waals surface area contributed by atoms with Gasteiger partial charge in [-0.3, -0.25) is 0 Å². The SMILES string of the molecule is CCCCN(c1cccc(SCC)c1C(N)=S)C1CC1. The van der Waals surface area contributed by atoms with Crippen LogP contribution in [-0.4, -0.2) is 23.3 Å². The molecule has 0 aromatic heterocycles. The van der Waals surface area contributed by atoms with Crippen molar-refractivity contribution < 1.29 is 0 Å². The minimum atomic E-state index is 0.527. The quantitative estimate of drug-likeness (QED) is 0.575. The van der Waals surface area contributed by atoms with Crippen LogP contribution in [-0.2, 0) is 0 Å². The van der Waals surface area contributed by atoms with E-state index in [1.165, 1.54) is 36.3 Å². The van der Waals surface area contributed by atoms with E-state index in [1.807, 2.05) is 11.8 Å². The molecule has 1 aliphatic carbocycles. The van der Waals surface area contributed by atoms with E-state index in [9.17, 15) is 0 Å². The second kappa shape index (κ2) is 7.32. The number of nitrogens with zero attached hydrogens (tertiary/aromatic N) is 1. The summed E-state index contributed by atoms with van der Waals surface area (Å²) >= 11 is 7.15. The lowest BCUT2D eigenvalue weighted by molar-refractivity contribution is 0.712. The Bertz CT molecular complexity index is 470. The first kappa shape index (κ1) is 15.6. The Labute approximate surface area is 132 Å². The van der Waals surface area contributed by atoms with Crippen molar-refractivity contribution in [2.75, 3.05) is 17.2 Å². The van der Waals surface area contributed by atoms with Gasteiger partial charge >= 0.3 is 0 Å². The summed E-state index contributed by atoms with van der Waals surface area (Å²) in [5.41, 5.74) is 8.35. The zero-order valence-electron chi connectivity index (χ0n) is 12.4. The average Bonchev–Trinajstić information content (AvgIpc) is 3.24. The molecule has 0 bridgehead atoms. The van der Waals surface area contributed by atoms with Crippen molar-refractivity contribution in [3.63, 3.8) is 0 Å². The minimum Gasteiger partial charge on any atom is -0.389 e. The number of anilines is 1. The van der Waals surface area contributed by atoms with Gasteiger partial charge in [0.25, 0.3) is 0 Å². The zero-order chi connectivity index (χ0) is 14.5. The molecule has 0 unspecified atom stereocenters. The monoisotopic (exact) mass is 308 g/mol. The van der Waals surface area contributed by atoms with Gasteiger partial charge in [-0.2, -0.15) is 0 Å². The molecule has 0 spiro atoms. The van der Waals surface area contributed by atoms with Gasteiger partial charge in [0, 0.05) is 28.7 Å². The molecule has 0 amide bonds. The van der Waals surface area contributed by atoms with Gasteiger partial charge < -0.3 is 10.6 Å². The highest BCUT2D eigenvalue weighted by Gasteiger charge is 2.30. The van der Waals surface area contributed by atoms with Gasteiger partial charge in [0.05, 0.1) is 0 Å². The third-order valence-electron chi connectivity index (χ3n) is 3.60. The highest BCUT2D eigenvalue weighted by atomic mass is 32.2. The molecule has 1 saturated carbocycles. The average molecular weight is 309 g/mol. The van der Waals surface area contributed by atoms with Crippen LogP contribution < -0.4 is 10.6 Å². The number of hydrogen-bond donors (Lipinski definition) is 1. The van der Waals surface area contributed by atoms with Crippen LogP contribution in [0.1, 0.15) is 45.1 Å². The summed E-state index contributed by atoms with van der Waals surface area (Å²) in [6.45, 7) is 5.51. The van der Waals surface area contributed by atoms with Gasteiger partial charge in [-0.15, -0.1) is 11.8 Å². The lowest BCUT2D eigenvalue weighted by Crippen LogP contribution is -2.29. The summed E-state index contributed by atoms with van der Waals surface area (Å²) in [7, 11) is 0. The fraction of sp³-hybridized carbons (Fsp3) is 0.562. The fourth-order valence-electron chi connectivity index (χ4n) is 2.50. The molecule has 2 N–H and O–H groups in total. The Balaban J connectivity index is 2.36. The Morgan fingerprint density at radius 3 is 2.70 bits per heavy atom. The maximum Gasteiger partial charge on any atom is 0.107 e. The van der Waals surface area contributed by atoms with Gasteiger partial charge in [-0.05, 0) is 37.1 Å². The van der Waals surface area contributed by atoms with E-state index in [0.29, 0.717) is 11.0 Å². The van der Waals surface area contributed by atoms with E-state index in [2.05, 4.69) is 36.9 Å². The third-order valence-corrected chi connectivity index (χ3v) is 4.74. The molecule has 2 rings (SSSR count). The smallest absolute Gasteiger partial charge is 0.107 e. The van der Waals surface area contributed by atoms with E-state index in [-0.39, 0.29) is 0 Å². The highest BCUT2D eigenvalue weighted by molar-refractivity contribution is 7.99. The Hall–Kier alpha value is -0.740. The van der Waals surface area contributed by atoms with E-state index in [1.54, 1.807) is 0 Å². The second-order valence-corrected chi connectivity index (χ2v) is 6.97. The van der Waals surface area contributed by atoms with Crippen LogP contribution in [0.15, 0.2) is 23.1 Å². The molecule has 110 valence electrons. The van der Waals surface area contributed by atoms with Crippen molar-refractivity contribution in [3.05, 3.63) is 23.8 Å². The van der Waals surface area contributed by atoms with Crippen LogP contribution in [0.4, 0.5) is 5.69 Å². The van der Waals surface area contributed by atoms with Gasteiger partial charge in [0.1, 0.15) is 4.99 Å². The number of rotatable bonds is 8. The first-order valence-corrected chi connectivity index (χ1v) is 8.90. The maximum atomic E-state index is 6.02. The topological polar surface area (TPSA) is 29.3 Å². The minimum absolute atomic E-state index is 0.527. The molecular formula is C16H24N2S2. The number of thioether (sulfide) groups is 1. The lowest BCUT2D eigenvalue weighted by Gasteiger charge is -2.28. The molecule has 0 atom stereocenters. The van der Waals surface area contributed by atoms with E-state index in [4.69, 9.17) is 18.0 Å². The van der Waals surface area contributed by atoms with Crippen molar-refractivity contribution in [3.8, 4) is 0 Å². The molecule has 0 heterocycles. The molecule has 2 nitrogen and oxygen atoms in total. The predicted molar refractivity (Wildman–Crippen MR) is 94.0 cm³/mol. The first-order chi connectivity index (χ1) is 9.69. The summed E-state index contributed by atoms with van der Waals surface area (Å²) in [5, 5.41) is 0. The van der Waals surface area contributed by atoms with Gasteiger partial charge in [0.15, 0.2) is 0 Å². The number of unbranched alkanes of at least 4 members (excludes halogenated alkanes) is 1. The van der Waals surface area contributed by atoms with Crippen molar-refractivity contribution in [2.45, 2.75) is 50.5 Å². The third kappa shape index (κ3) is 3.67. The number of benzene rings is 1. The summed E-state index contributed by atoms with van der Waals surface area (Å²) in [6.07, 6.45) is 5.03. The molecule has 1 aliphatic rings. The molecule has 1 fully saturated rings. The molecule has 0 radical (unpaired) electrons. The van der Waals surface area contributed by atoms with Crippen molar-refractivity contribution in [1.29, 1.82) is 0 Å². The predicted octanol–water partition coefficient (Wildman–Crippen LogP) is 4.20. The number of hydrogen-bond acceptors (Lipinski definition) is 3. The van der Waals surface area contributed by atoms with Gasteiger partial charge in [0.2, 0.25) is 0 Å². The van der Waals surface area contributed by atoms with Crippen LogP contribution in [0.25, 0.3) is 0 Å². The largest absolute Gasteiger partial charge is 0.389 e. The molecule has 0 saturated heterocycles. The normalized spacial score (nSPS) is 14.3. The Morgan fingerprint density at radius 2 is 2.15 bits per heavy atom. The second-order valence-electron chi connectivity index (χ2n) is 5.23. The summed E-state index contributed by atoms with van der Waals surface area (Å²) in [4.78, 5) is 4.27. The fourth-order valence-corrected chi connectivity index (χ4v) is 3.62. The van der Waals surface area contributed by atoms with Crippen LogP contribution in [0.5, 0.6) is 0 Å². The summed E-state index contributed by atoms with van der Waals surface area (Å²) in [5.74, 6) is 1.04. The van der Waals surface area contributed by atoms with E-state index >= 15 is 0 Å². The Kier molecular flexibility index (Phi) is 5.73. The molecule has 4 heteroatoms. The van der Waals surface area contributed by atoms with Gasteiger partial charge in [-0.25, -0.2) is 0 Å². The number of nitrogens with two attached hydrogens (primary N) is 1. The molecular weight excluding hydrogens is 284 g/mol. The van der Waals surface area contributed by atoms with Crippen LogP contribution in [0.2, 0.25) is 0 Å². The molecule has 1 aromatic carbocycles. The van der Waals surface area contributed by atoms with E-state index < -0.39 is 0 Å². The Morgan fingerprint density at radius 1 is 1.40 bits per heavy atom.